The van der Waals surface area contributed by atoms with Crippen molar-refractivity contribution in [3.63, 3.8) is 0 Å². The molecule has 0 spiro atoms. The van der Waals surface area contributed by atoms with Crippen LogP contribution in [-0.2, 0) is 16.1 Å². The van der Waals surface area contributed by atoms with Gasteiger partial charge in [0.15, 0.2) is 0 Å². The van der Waals surface area contributed by atoms with Gasteiger partial charge < -0.3 is 15.5 Å². The maximum Gasteiger partial charge on any atom is 0.322 e. The normalized spacial score (nSPS) is 14.1. The number of carboxylic acids is 1. The number of carbonyl (C=O) groups excluding carboxylic acids is 1. The summed E-state index contributed by atoms with van der Waals surface area (Å²) in [6, 6.07) is 6.95. The molecule has 0 radical (unpaired) electrons. The number of nitrogens with zero attached hydrogens (tertiary/aromatic N) is 1. The fraction of sp³-hybridized carbons (Fsp3) is 0.467. The summed E-state index contributed by atoms with van der Waals surface area (Å²) in [7, 11) is 0. The molecular weight excluding hydrogens is 272 g/mol. The SMILES string of the molecule is O=C(O)CNC(=O)CN(Cc1cccc(O)c1)CC1CC1. The second kappa shape index (κ2) is 7.08. The van der Waals surface area contributed by atoms with Crippen LogP contribution in [-0.4, -0.2) is 46.6 Å². The first kappa shape index (κ1) is 15.3. The van der Waals surface area contributed by atoms with Crippen LogP contribution in [0.4, 0.5) is 0 Å². The first-order valence-electron chi connectivity index (χ1n) is 7.01. The van der Waals surface area contributed by atoms with Gasteiger partial charge in [-0.3, -0.25) is 14.5 Å². The van der Waals surface area contributed by atoms with E-state index in [-0.39, 0.29) is 24.7 Å². The number of phenols is 1. The standard InChI is InChI=1S/C15H20N2O4/c18-13-3-1-2-12(6-13)9-17(8-11-4-5-11)10-14(19)16-7-15(20)21/h1-3,6,11,18H,4-5,7-10H2,(H,16,19)(H,20,21). The molecule has 0 saturated heterocycles. The van der Waals surface area contributed by atoms with Crippen molar-refractivity contribution in [1.29, 1.82) is 0 Å². The van der Waals surface area contributed by atoms with Crippen LogP contribution in [0.15, 0.2) is 24.3 Å². The monoisotopic (exact) mass is 292 g/mol. The van der Waals surface area contributed by atoms with E-state index in [1.807, 2.05) is 11.0 Å². The van der Waals surface area contributed by atoms with Crippen molar-refractivity contribution >= 4 is 11.9 Å². The Balaban J connectivity index is 1.90. The summed E-state index contributed by atoms with van der Waals surface area (Å²) >= 11 is 0. The molecule has 0 bridgehead atoms. The lowest BCUT2D eigenvalue weighted by Gasteiger charge is -2.21. The number of carboxylic acid groups (broad SMARTS) is 1. The van der Waals surface area contributed by atoms with Gasteiger partial charge in [0, 0.05) is 13.1 Å². The number of phenolic OH excluding ortho intramolecular Hbond substituents is 1. The Morgan fingerprint density at radius 1 is 1.33 bits per heavy atom. The zero-order valence-electron chi connectivity index (χ0n) is 11.8. The Bertz CT molecular complexity index is 514. The van der Waals surface area contributed by atoms with E-state index in [9.17, 15) is 14.7 Å². The number of hydrogen-bond donors (Lipinski definition) is 3. The number of hydrogen-bond acceptors (Lipinski definition) is 4. The number of carbonyl (C=O) groups is 2. The molecule has 1 aliphatic rings. The van der Waals surface area contributed by atoms with Gasteiger partial charge in [-0.15, -0.1) is 0 Å². The molecule has 1 amide bonds. The second-order valence-electron chi connectivity index (χ2n) is 5.45. The van der Waals surface area contributed by atoms with E-state index in [4.69, 9.17) is 5.11 Å². The lowest BCUT2D eigenvalue weighted by Crippen LogP contribution is -2.39. The minimum absolute atomic E-state index is 0.166. The number of benzene rings is 1. The Hall–Kier alpha value is -2.08. The van der Waals surface area contributed by atoms with Crippen LogP contribution < -0.4 is 5.32 Å². The van der Waals surface area contributed by atoms with E-state index in [1.54, 1.807) is 18.2 Å². The Labute approximate surface area is 123 Å². The van der Waals surface area contributed by atoms with E-state index < -0.39 is 5.97 Å². The smallest absolute Gasteiger partial charge is 0.322 e. The van der Waals surface area contributed by atoms with Gasteiger partial charge in [0.05, 0.1) is 6.54 Å². The van der Waals surface area contributed by atoms with E-state index >= 15 is 0 Å². The van der Waals surface area contributed by atoms with Crippen molar-refractivity contribution in [2.75, 3.05) is 19.6 Å². The summed E-state index contributed by atoms with van der Waals surface area (Å²) in [5.74, 6) is -0.521. The summed E-state index contributed by atoms with van der Waals surface area (Å²) in [6.07, 6.45) is 2.35. The second-order valence-corrected chi connectivity index (χ2v) is 5.45. The Kier molecular flexibility index (Phi) is 5.16. The number of nitrogens with one attached hydrogen (secondary N) is 1. The number of rotatable bonds is 8. The third-order valence-electron chi connectivity index (χ3n) is 3.33. The van der Waals surface area contributed by atoms with E-state index in [2.05, 4.69) is 5.32 Å². The highest BCUT2D eigenvalue weighted by Crippen LogP contribution is 2.30. The van der Waals surface area contributed by atoms with E-state index in [0.29, 0.717) is 12.5 Å². The fourth-order valence-corrected chi connectivity index (χ4v) is 2.20. The summed E-state index contributed by atoms with van der Waals surface area (Å²) in [5, 5.41) is 20.4. The molecule has 0 unspecified atom stereocenters. The molecular formula is C15H20N2O4. The summed E-state index contributed by atoms with van der Waals surface area (Å²) < 4.78 is 0. The van der Waals surface area contributed by atoms with Crippen LogP contribution in [0.3, 0.4) is 0 Å². The topological polar surface area (TPSA) is 89.9 Å². The summed E-state index contributed by atoms with van der Waals surface area (Å²) in [5.41, 5.74) is 0.932. The predicted octanol–water partition coefficient (Wildman–Crippen LogP) is 0.805. The van der Waals surface area contributed by atoms with Gasteiger partial charge >= 0.3 is 5.97 Å². The third kappa shape index (κ3) is 5.83. The molecule has 2 rings (SSSR count). The van der Waals surface area contributed by atoms with Gasteiger partial charge in [-0.25, -0.2) is 0 Å². The summed E-state index contributed by atoms with van der Waals surface area (Å²) in [6.45, 7) is 1.18. The number of aromatic hydroxyl groups is 1. The quantitative estimate of drug-likeness (QED) is 0.659. The maximum absolute atomic E-state index is 11.8. The van der Waals surface area contributed by atoms with Crippen LogP contribution >= 0.6 is 0 Å². The molecule has 1 aromatic carbocycles. The molecule has 3 N–H and O–H groups in total. The van der Waals surface area contributed by atoms with Crippen molar-refractivity contribution in [3.8, 4) is 5.75 Å². The zero-order chi connectivity index (χ0) is 15.2. The van der Waals surface area contributed by atoms with Gasteiger partial charge in [-0.1, -0.05) is 12.1 Å². The van der Waals surface area contributed by atoms with Crippen molar-refractivity contribution in [2.24, 2.45) is 5.92 Å². The molecule has 21 heavy (non-hydrogen) atoms. The molecule has 1 aliphatic carbocycles. The molecule has 0 heterocycles. The van der Waals surface area contributed by atoms with Crippen LogP contribution in [0.2, 0.25) is 0 Å². The van der Waals surface area contributed by atoms with Crippen molar-refractivity contribution in [3.05, 3.63) is 29.8 Å². The predicted molar refractivity (Wildman–Crippen MR) is 76.8 cm³/mol. The molecule has 6 heteroatoms. The first-order valence-corrected chi connectivity index (χ1v) is 7.01. The third-order valence-corrected chi connectivity index (χ3v) is 3.33. The zero-order valence-corrected chi connectivity index (χ0v) is 11.8. The maximum atomic E-state index is 11.8. The molecule has 1 fully saturated rings. The molecule has 0 aliphatic heterocycles. The average molecular weight is 292 g/mol. The van der Waals surface area contributed by atoms with E-state index in [1.165, 1.54) is 12.8 Å². The van der Waals surface area contributed by atoms with Crippen molar-refractivity contribution < 1.29 is 19.8 Å². The average Bonchev–Trinajstić information content (AvgIpc) is 3.20. The Morgan fingerprint density at radius 2 is 2.10 bits per heavy atom. The molecule has 0 atom stereocenters. The fourth-order valence-electron chi connectivity index (χ4n) is 2.20. The van der Waals surface area contributed by atoms with E-state index in [0.717, 1.165) is 12.1 Å². The van der Waals surface area contributed by atoms with Gasteiger partial charge in [0.2, 0.25) is 5.91 Å². The highest BCUT2D eigenvalue weighted by atomic mass is 16.4. The lowest BCUT2D eigenvalue weighted by atomic mass is 10.2. The van der Waals surface area contributed by atoms with Crippen LogP contribution in [0, 0.1) is 5.92 Å². The van der Waals surface area contributed by atoms with Gasteiger partial charge in [0.25, 0.3) is 0 Å². The minimum Gasteiger partial charge on any atom is -0.508 e. The van der Waals surface area contributed by atoms with Gasteiger partial charge in [-0.2, -0.15) is 0 Å². The lowest BCUT2D eigenvalue weighted by molar-refractivity contribution is -0.138. The van der Waals surface area contributed by atoms with Crippen LogP contribution in [0.25, 0.3) is 0 Å². The minimum atomic E-state index is -1.05. The first-order chi connectivity index (χ1) is 10.0. The van der Waals surface area contributed by atoms with Crippen molar-refractivity contribution in [2.45, 2.75) is 19.4 Å². The van der Waals surface area contributed by atoms with Gasteiger partial charge in [0.1, 0.15) is 12.3 Å². The van der Waals surface area contributed by atoms with Crippen LogP contribution in [0.5, 0.6) is 5.75 Å². The molecule has 0 aromatic heterocycles. The number of amides is 1. The highest BCUT2D eigenvalue weighted by molar-refractivity contribution is 5.82. The molecule has 114 valence electrons. The summed E-state index contributed by atoms with van der Waals surface area (Å²) in [4.78, 5) is 24.2. The largest absolute Gasteiger partial charge is 0.508 e. The van der Waals surface area contributed by atoms with Gasteiger partial charge in [-0.05, 0) is 36.5 Å². The number of aliphatic carboxylic acids is 1. The molecule has 1 saturated carbocycles. The highest BCUT2D eigenvalue weighted by Gasteiger charge is 2.25. The molecule has 1 aromatic rings. The Morgan fingerprint density at radius 3 is 2.71 bits per heavy atom. The van der Waals surface area contributed by atoms with Crippen molar-refractivity contribution in [1.82, 2.24) is 10.2 Å². The van der Waals surface area contributed by atoms with Crippen LogP contribution in [0.1, 0.15) is 18.4 Å². The molecule has 6 nitrogen and oxygen atoms in total.